The van der Waals surface area contributed by atoms with Crippen LogP contribution in [-0.4, -0.2) is 20.0 Å². The molecule has 0 unspecified atom stereocenters. The topological polar surface area (TPSA) is 105 Å². The van der Waals surface area contributed by atoms with Crippen LogP contribution in [0.5, 0.6) is 0 Å². The number of rotatable bonds is 4. The summed E-state index contributed by atoms with van der Waals surface area (Å²) in [5.41, 5.74) is 2.15. The maximum absolute atomic E-state index is 11.5. The summed E-state index contributed by atoms with van der Waals surface area (Å²) in [7, 11) is 3.75. The maximum Gasteiger partial charge on any atom is 0.221 e. The summed E-state index contributed by atoms with van der Waals surface area (Å²) in [5.74, 6) is -0.251. The third-order valence-corrected chi connectivity index (χ3v) is 3.60. The van der Waals surface area contributed by atoms with Gasteiger partial charge in [-0.3, -0.25) is 4.79 Å². The minimum absolute atomic E-state index is 0.130. The van der Waals surface area contributed by atoms with Gasteiger partial charge in [0.15, 0.2) is 0 Å². The van der Waals surface area contributed by atoms with E-state index in [9.17, 15) is 15.3 Å². The number of carbonyl (C=O) groups is 1. The Morgan fingerprint density at radius 3 is 2.23 bits per heavy atom. The summed E-state index contributed by atoms with van der Waals surface area (Å²) < 4.78 is 0. The van der Waals surface area contributed by atoms with Crippen LogP contribution in [-0.2, 0) is 4.79 Å². The van der Waals surface area contributed by atoms with E-state index < -0.39 is 0 Å². The summed E-state index contributed by atoms with van der Waals surface area (Å²) in [6.45, 7) is 1.39. The average molecular weight is 367 g/mol. The second-order valence-corrected chi connectivity index (χ2v) is 5.99. The monoisotopic (exact) mass is 366 g/mol. The molecule has 26 heavy (non-hydrogen) atoms. The van der Waals surface area contributed by atoms with E-state index in [1.807, 2.05) is 37.2 Å². The number of nitriles is 2. The lowest BCUT2D eigenvalue weighted by Crippen LogP contribution is -2.10. The molecule has 2 aromatic rings. The van der Waals surface area contributed by atoms with Gasteiger partial charge >= 0.3 is 0 Å². The zero-order valence-corrected chi connectivity index (χ0v) is 15.2. The van der Waals surface area contributed by atoms with Gasteiger partial charge in [0.1, 0.15) is 23.5 Å². The molecule has 1 amide bonds. The van der Waals surface area contributed by atoms with Gasteiger partial charge in [-0.25, -0.2) is 0 Å². The van der Waals surface area contributed by atoms with Crippen molar-refractivity contribution in [3.8, 4) is 12.1 Å². The van der Waals surface area contributed by atoms with Crippen molar-refractivity contribution in [2.75, 3.05) is 24.3 Å². The lowest BCUT2D eigenvalue weighted by molar-refractivity contribution is -0.114. The smallest absolute Gasteiger partial charge is 0.221 e. The molecule has 0 aromatic heterocycles. The fourth-order valence-corrected chi connectivity index (χ4v) is 2.38. The van der Waals surface area contributed by atoms with Gasteiger partial charge in [0.2, 0.25) is 5.91 Å². The fraction of sp³-hybridized carbons (Fsp3) is 0.167. The van der Waals surface area contributed by atoms with Gasteiger partial charge in [0, 0.05) is 31.7 Å². The molecule has 0 saturated heterocycles. The zero-order chi connectivity index (χ0) is 19.3. The Hall–Kier alpha value is -3.42. The summed E-state index contributed by atoms with van der Waals surface area (Å²) in [5, 5.41) is 29.6. The van der Waals surface area contributed by atoms with Gasteiger partial charge in [-0.1, -0.05) is 11.6 Å². The fourth-order valence-electron chi connectivity index (χ4n) is 2.16. The lowest BCUT2D eigenvalue weighted by atomic mass is 10.1. The highest BCUT2D eigenvalue weighted by molar-refractivity contribution is 6.31. The number of carbonyl (C=O) groups excluding carboxylic acids is 1. The Morgan fingerprint density at radius 1 is 1.12 bits per heavy atom. The van der Waals surface area contributed by atoms with Crippen LogP contribution in [0.1, 0.15) is 18.1 Å². The first kappa shape index (κ1) is 18.9. The molecule has 0 aliphatic rings. The highest BCUT2D eigenvalue weighted by Gasteiger charge is 2.11. The van der Waals surface area contributed by atoms with Crippen molar-refractivity contribution in [1.82, 2.24) is 0 Å². The molecule has 8 heteroatoms. The largest absolute Gasteiger partial charge is 0.378 e. The van der Waals surface area contributed by atoms with Gasteiger partial charge in [-0.2, -0.15) is 10.5 Å². The Balaban J connectivity index is 2.53. The molecule has 0 aliphatic carbocycles. The van der Waals surface area contributed by atoms with E-state index in [2.05, 4.69) is 15.5 Å². The summed E-state index contributed by atoms with van der Waals surface area (Å²) in [6, 6.07) is 12.0. The molecule has 0 saturated carbocycles. The number of azo groups is 1. The molecule has 0 bridgehead atoms. The molecule has 0 atom stereocenters. The van der Waals surface area contributed by atoms with Gasteiger partial charge < -0.3 is 10.2 Å². The molecule has 130 valence electrons. The van der Waals surface area contributed by atoms with Gasteiger partial charge in [-0.15, -0.1) is 10.2 Å². The molecule has 2 aromatic carbocycles. The van der Waals surface area contributed by atoms with Gasteiger partial charge in [0.05, 0.1) is 16.8 Å². The van der Waals surface area contributed by atoms with Crippen molar-refractivity contribution >= 4 is 40.3 Å². The van der Waals surface area contributed by atoms with Crippen molar-refractivity contribution in [3.63, 3.8) is 0 Å². The first-order chi connectivity index (χ1) is 12.3. The van der Waals surface area contributed by atoms with Crippen molar-refractivity contribution in [1.29, 1.82) is 10.5 Å². The second-order valence-electron chi connectivity index (χ2n) is 5.55. The van der Waals surface area contributed by atoms with E-state index in [1.165, 1.54) is 19.1 Å². The van der Waals surface area contributed by atoms with E-state index in [0.29, 0.717) is 11.4 Å². The molecule has 0 aliphatic heterocycles. The van der Waals surface area contributed by atoms with Crippen molar-refractivity contribution in [2.45, 2.75) is 6.92 Å². The molecule has 0 fully saturated rings. The summed E-state index contributed by atoms with van der Waals surface area (Å²) in [6.07, 6.45) is 0. The molecular formula is C18H15ClN6O. The number of halogens is 1. The van der Waals surface area contributed by atoms with Crippen molar-refractivity contribution in [3.05, 3.63) is 46.5 Å². The Kier molecular flexibility index (Phi) is 5.90. The quantitative estimate of drug-likeness (QED) is 0.802. The minimum Gasteiger partial charge on any atom is -0.378 e. The number of nitrogens with one attached hydrogen (secondary N) is 1. The summed E-state index contributed by atoms with van der Waals surface area (Å²) in [4.78, 5) is 13.3. The van der Waals surface area contributed by atoms with Crippen LogP contribution in [0.15, 0.2) is 40.6 Å². The Bertz CT molecular complexity index is 934. The van der Waals surface area contributed by atoms with Crippen LogP contribution in [0, 0.1) is 22.7 Å². The molecule has 2 rings (SSSR count). The highest BCUT2D eigenvalue weighted by atomic mass is 35.5. The van der Waals surface area contributed by atoms with Crippen LogP contribution >= 0.6 is 11.6 Å². The molecule has 7 nitrogen and oxygen atoms in total. The van der Waals surface area contributed by atoms with E-state index in [4.69, 9.17) is 11.6 Å². The van der Waals surface area contributed by atoms with E-state index in [0.717, 1.165) is 5.69 Å². The molecular weight excluding hydrogens is 352 g/mol. The standard InChI is InChI=1S/C18H15ClN6O/c1-11(26)22-17-8-15(25(2)3)4-5-16(17)23-24-18-12(9-20)6-14(19)7-13(18)10-21/h4-8H,1-3H3,(H,22,26). The third-order valence-electron chi connectivity index (χ3n) is 3.38. The number of anilines is 2. The minimum atomic E-state index is -0.251. The average Bonchev–Trinajstić information content (AvgIpc) is 2.59. The van der Waals surface area contributed by atoms with Crippen LogP contribution < -0.4 is 10.2 Å². The van der Waals surface area contributed by atoms with Crippen LogP contribution in [0.25, 0.3) is 0 Å². The first-order valence-electron chi connectivity index (χ1n) is 7.50. The third kappa shape index (κ3) is 4.35. The maximum atomic E-state index is 11.5. The predicted octanol–water partition coefficient (Wildman–Crippen LogP) is 4.52. The van der Waals surface area contributed by atoms with E-state index in [-0.39, 0.29) is 27.7 Å². The van der Waals surface area contributed by atoms with Crippen molar-refractivity contribution < 1.29 is 4.79 Å². The van der Waals surface area contributed by atoms with Crippen LogP contribution in [0.2, 0.25) is 5.02 Å². The van der Waals surface area contributed by atoms with Crippen molar-refractivity contribution in [2.24, 2.45) is 10.2 Å². The number of nitrogens with zero attached hydrogens (tertiary/aromatic N) is 5. The normalized spacial score (nSPS) is 10.2. The predicted molar refractivity (Wildman–Crippen MR) is 100 cm³/mol. The SMILES string of the molecule is CC(=O)Nc1cc(N(C)C)ccc1N=Nc1c(C#N)cc(Cl)cc1C#N. The lowest BCUT2D eigenvalue weighted by Gasteiger charge is -2.15. The highest BCUT2D eigenvalue weighted by Crippen LogP contribution is 2.33. The number of amides is 1. The number of hydrogen-bond donors (Lipinski definition) is 1. The number of hydrogen-bond acceptors (Lipinski definition) is 6. The molecule has 0 heterocycles. The number of benzene rings is 2. The molecule has 0 spiro atoms. The van der Waals surface area contributed by atoms with Crippen LogP contribution in [0.3, 0.4) is 0 Å². The molecule has 0 radical (unpaired) electrons. The van der Waals surface area contributed by atoms with Crippen LogP contribution in [0.4, 0.5) is 22.7 Å². The van der Waals surface area contributed by atoms with E-state index >= 15 is 0 Å². The van der Waals surface area contributed by atoms with Gasteiger partial charge in [-0.05, 0) is 30.3 Å². The van der Waals surface area contributed by atoms with Gasteiger partial charge in [0.25, 0.3) is 0 Å². The first-order valence-corrected chi connectivity index (χ1v) is 7.88. The van der Waals surface area contributed by atoms with E-state index in [1.54, 1.807) is 12.1 Å². The second kappa shape index (κ2) is 8.11. The zero-order valence-electron chi connectivity index (χ0n) is 14.4. The Labute approximate surface area is 156 Å². The Morgan fingerprint density at radius 2 is 1.73 bits per heavy atom. The molecule has 1 N–H and O–H groups in total. The summed E-state index contributed by atoms with van der Waals surface area (Å²) >= 11 is 5.90.